The maximum atomic E-state index is 11.0. The van der Waals surface area contributed by atoms with Gasteiger partial charge >= 0.3 is 0 Å². The highest BCUT2D eigenvalue weighted by atomic mass is 79.9. The van der Waals surface area contributed by atoms with Gasteiger partial charge in [0.25, 0.3) is 0 Å². The highest BCUT2D eigenvalue weighted by molar-refractivity contribution is 9.10. The van der Waals surface area contributed by atoms with E-state index in [4.69, 9.17) is 0 Å². The molecule has 1 unspecified atom stereocenters. The third-order valence-corrected chi connectivity index (χ3v) is 5.39. The second-order valence-corrected chi connectivity index (χ2v) is 6.39. The first-order valence-electron chi connectivity index (χ1n) is 7.61. The van der Waals surface area contributed by atoms with Crippen molar-refractivity contribution in [3.63, 3.8) is 0 Å². The number of benzene rings is 2. The highest BCUT2D eigenvalue weighted by Gasteiger charge is 2.36. The maximum absolute atomic E-state index is 11.0. The Bertz CT molecular complexity index is 561. The summed E-state index contributed by atoms with van der Waals surface area (Å²) in [4.78, 5) is 0. The van der Waals surface area contributed by atoms with E-state index in [9.17, 15) is 5.11 Å². The molecule has 0 saturated carbocycles. The van der Waals surface area contributed by atoms with E-state index in [-0.39, 0.29) is 5.41 Å². The van der Waals surface area contributed by atoms with Gasteiger partial charge in [0.15, 0.2) is 0 Å². The van der Waals surface area contributed by atoms with Crippen LogP contribution in [0.25, 0.3) is 0 Å². The van der Waals surface area contributed by atoms with E-state index < -0.39 is 6.10 Å². The van der Waals surface area contributed by atoms with Crippen molar-refractivity contribution in [2.24, 2.45) is 0 Å². The molecule has 1 atom stereocenters. The van der Waals surface area contributed by atoms with Crippen molar-refractivity contribution in [3.8, 4) is 0 Å². The Morgan fingerprint density at radius 3 is 2.10 bits per heavy atom. The summed E-state index contributed by atoms with van der Waals surface area (Å²) in [6.45, 7) is 4.33. The van der Waals surface area contributed by atoms with E-state index in [0.717, 1.165) is 22.9 Å². The second-order valence-electron chi connectivity index (χ2n) is 5.54. The zero-order valence-corrected chi connectivity index (χ0v) is 14.3. The normalized spacial score (nSPS) is 13.1. The van der Waals surface area contributed by atoms with Crippen LogP contribution in [0.1, 0.15) is 37.8 Å². The maximum Gasteiger partial charge on any atom is 0.0677 e. The first-order chi connectivity index (χ1) is 10.1. The van der Waals surface area contributed by atoms with E-state index in [0.29, 0.717) is 6.42 Å². The second kappa shape index (κ2) is 7.24. The molecule has 0 heterocycles. The molecule has 2 aromatic carbocycles. The van der Waals surface area contributed by atoms with Crippen molar-refractivity contribution in [3.05, 3.63) is 70.2 Å². The number of hydrogen-bond acceptors (Lipinski definition) is 1. The smallest absolute Gasteiger partial charge is 0.0677 e. The average Bonchev–Trinajstić information content (AvgIpc) is 2.52. The van der Waals surface area contributed by atoms with Gasteiger partial charge in [-0.15, -0.1) is 0 Å². The average molecular weight is 347 g/mol. The van der Waals surface area contributed by atoms with Crippen LogP contribution in [-0.2, 0) is 11.8 Å². The van der Waals surface area contributed by atoms with Gasteiger partial charge in [0.2, 0.25) is 0 Å². The van der Waals surface area contributed by atoms with Gasteiger partial charge in [-0.2, -0.15) is 0 Å². The molecule has 0 spiro atoms. The Morgan fingerprint density at radius 2 is 1.52 bits per heavy atom. The van der Waals surface area contributed by atoms with E-state index in [1.807, 2.05) is 24.3 Å². The largest absolute Gasteiger partial charge is 0.392 e. The molecule has 21 heavy (non-hydrogen) atoms. The van der Waals surface area contributed by atoms with Crippen LogP contribution in [0, 0.1) is 0 Å². The topological polar surface area (TPSA) is 20.2 Å². The summed E-state index contributed by atoms with van der Waals surface area (Å²) < 4.78 is 1.07. The first kappa shape index (κ1) is 16.3. The number of rotatable bonds is 6. The Balaban J connectivity index is 2.32. The van der Waals surface area contributed by atoms with Crippen LogP contribution in [0.3, 0.4) is 0 Å². The molecule has 0 aromatic heterocycles. The van der Waals surface area contributed by atoms with Gasteiger partial charge in [-0.1, -0.05) is 78.3 Å². The van der Waals surface area contributed by atoms with Crippen LogP contribution >= 0.6 is 15.9 Å². The lowest BCUT2D eigenvalue weighted by Crippen LogP contribution is -2.40. The zero-order chi connectivity index (χ0) is 15.3. The lowest BCUT2D eigenvalue weighted by molar-refractivity contribution is 0.0732. The molecule has 1 nitrogen and oxygen atoms in total. The minimum atomic E-state index is -0.395. The van der Waals surface area contributed by atoms with Crippen molar-refractivity contribution in [1.29, 1.82) is 0 Å². The molecule has 0 aliphatic carbocycles. The van der Waals surface area contributed by atoms with Crippen LogP contribution in [-0.4, -0.2) is 11.2 Å². The molecule has 0 bridgehead atoms. The van der Waals surface area contributed by atoms with Crippen LogP contribution in [0.5, 0.6) is 0 Å². The Labute approximate surface area is 136 Å². The summed E-state index contributed by atoms with van der Waals surface area (Å²) in [6, 6.07) is 18.5. The third kappa shape index (κ3) is 3.38. The molecular weight excluding hydrogens is 324 g/mol. The van der Waals surface area contributed by atoms with Crippen molar-refractivity contribution >= 4 is 15.9 Å². The molecule has 2 aromatic rings. The van der Waals surface area contributed by atoms with Crippen LogP contribution in [0.4, 0.5) is 0 Å². The molecule has 2 heteroatoms. The highest BCUT2D eigenvalue weighted by Crippen LogP contribution is 2.37. The minimum Gasteiger partial charge on any atom is -0.392 e. The molecule has 0 radical (unpaired) electrons. The van der Waals surface area contributed by atoms with E-state index in [1.54, 1.807) is 0 Å². The molecule has 0 aliphatic heterocycles. The molecule has 0 aliphatic rings. The van der Waals surface area contributed by atoms with Crippen molar-refractivity contribution in [2.45, 2.75) is 44.6 Å². The zero-order valence-electron chi connectivity index (χ0n) is 12.7. The fourth-order valence-corrected chi connectivity index (χ4v) is 3.61. The first-order valence-corrected chi connectivity index (χ1v) is 8.40. The molecule has 112 valence electrons. The molecule has 0 fully saturated rings. The predicted octanol–water partition coefficient (Wildman–Crippen LogP) is 5.11. The van der Waals surface area contributed by atoms with Gasteiger partial charge in [-0.3, -0.25) is 0 Å². The minimum absolute atomic E-state index is 0.184. The quantitative estimate of drug-likeness (QED) is 0.770. The Hall–Kier alpha value is -1.12. The van der Waals surface area contributed by atoms with Gasteiger partial charge in [0, 0.05) is 16.3 Å². The number of aliphatic hydroxyl groups excluding tert-OH is 1. The fourth-order valence-electron chi connectivity index (χ4n) is 3.16. The van der Waals surface area contributed by atoms with Crippen molar-refractivity contribution in [2.75, 3.05) is 0 Å². The van der Waals surface area contributed by atoms with E-state index in [1.165, 1.54) is 5.56 Å². The number of hydrogen-bond donors (Lipinski definition) is 1. The lowest BCUT2D eigenvalue weighted by atomic mass is 9.70. The summed E-state index contributed by atoms with van der Waals surface area (Å²) in [7, 11) is 0. The van der Waals surface area contributed by atoms with Gasteiger partial charge in [0.05, 0.1) is 6.10 Å². The van der Waals surface area contributed by atoms with Crippen molar-refractivity contribution in [1.82, 2.24) is 0 Å². The number of aliphatic hydroxyl groups is 1. The fraction of sp³-hybridized carbons (Fsp3) is 0.368. The van der Waals surface area contributed by atoms with Gasteiger partial charge in [0.1, 0.15) is 0 Å². The lowest BCUT2D eigenvalue weighted by Gasteiger charge is -2.37. The van der Waals surface area contributed by atoms with Crippen LogP contribution in [0.15, 0.2) is 59.1 Å². The molecule has 1 N–H and O–H groups in total. The van der Waals surface area contributed by atoms with Gasteiger partial charge in [-0.05, 0) is 30.0 Å². The summed E-state index contributed by atoms with van der Waals surface area (Å²) in [5, 5.41) is 11.0. The van der Waals surface area contributed by atoms with Gasteiger partial charge in [-0.25, -0.2) is 0 Å². The summed E-state index contributed by atoms with van der Waals surface area (Å²) in [5.74, 6) is 0. The number of halogens is 1. The summed E-state index contributed by atoms with van der Waals surface area (Å²) in [6.07, 6.45) is 2.13. The van der Waals surface area contributed by atoms with E-state index in [2.05, 4.69) is 60.1 Å². The summed E-state index contributed by atoms with van der Waals surface area (Å²) in [5.41, 5.74) is 2.21. The molecule has 0 amide bonds. The van der Waals surface area contributed by atoms with Crippen molar-refractivity contribution < 1.29 is 5.11 Å². The third-order valence-electron chi connectivity index (χ3n) is 4.62. The SMILES string of the molecule is CCC(CC)(c1ccccc1)C(O)Cc1ccccc1Br. The summed E-state index contributed by atoms with van der Waals surface area (Å²) >= 11 is 3.58. The van der Waals surface area contributed by atoms with Crippen LogP contribution < -0.4 is 0 Å². The molecular formula is C19H23BrO. The monoisotopic (exact) mass is 346 g/mol. The van der Waals surface area contributed by atoms with E-state index >= 15 is 0 Å². The Kier molecular flexibility index (Phi) is 5.60. The molecule has 2 rings (SSSR count). The standard InChI is InChI=1S/C19H23BrO/c1-3-19(4-2,16-11-6-5-7-12-16)18(21)14-15-10-8-9-13-17(15)20/h5-13,18,21H,3-4,14H2,1-2H3. The van der Waals surface area contributed by atoms with Crippen LogP contribution in [0.2, 0.25) is 0 Å². The Morgan fingerprint density at radius 1 is 0.952 bits per heavy atom. The van der Waals surface area contributed by atoms with Gasteiger partial charge < -0.3 is 5.11 Å². The predicted molar refractivity (Wildman–Crippen MR) is 92.6 cm³/mol. The molecule has 0 saturated heterocycles.